The highest BCUT2D eigenvalue weighted by Crippen LogP contribution is 2.16. The summed E-state index contributed by atoms with van der Waals surface area (Å²) in [4.78, 5) is 30.3. The molecule has 0 bridgehead atoms. The highest BCUT2D eigenvalue weighted by Gasteiger charge is 2.17. The van der Waals surface area contributed by atoms with Crippen LogP contribution in [0.1, 0.15) is 28.4 Å². The van der Waals surface area contributed by atoms with E-state index in [1.807, 2.05) is 60.7 Å². The molecular formula is C22H21N3O2. The second kappa shape index (κ2) is 8.76. The standard InChI is InChI=1S/C22H21N3O2/c1-17(26)24-21-14-20(12-13-23-21)22(27)25(15-18-8-4-2-5-9-18)16-19-10-6-3-7-11-19/h2-14H,15-16H2,1H3,(H,23,24,26). The number of amides is 2. The summed E-state index contributed by atoms with van der Waals surface area (Å²) in [6, 6.07) is 23.0. The number of rotatable bonds is 6. The Kier molecular flexibility index (Phi) is 5.94. The fraction of sp³-hybridized carbons (Fsp3) is 0.136. The maximum absolute atomic E-state index is 13.2. The molecule has 0 radical (unpaired) electrons. The van der Waals surface area contributed by atoms with E-state index in [0.29, 0.717) is 24.5 Å². The smallest absolute Gasteiger partial charge is 0.254 e. The fourth-order valence-corrected chi connectivity index (χ4v) is 2.80. The first-order chi connectivity index (χ1) is 13.1. The fourth-order valence-electron chi connectivity index (χ4n) is 2.80. The molecule has 1 N–H and O–H groups in total. The maximum Gasteiger partial charge on any atom is 0.254 e. The van der Waals surface area contributed by atoms with Crippen LogP contribution in [-0.4, -0.2) is 21.7 Å². The lowest BCUT2D eigenvalue weighted by molar-refractivity contribution is -0.114. The van der Waals surface area contributed by atoms with Crippen LogP contribution < -0.4 is 5.32 Å². The lowest BCUT2D eigenvalue weighted by Gasteiger charge is -2.23. The SMILES string of the molecule is CC(=O)Nc1cc(C(=O)N(Cc2ccccc2)Cc2ccccc2)ccn1. The van der Waals surface area contributed by atoms with Crippen LogP contribution in [0.25, 0.3) is 0 Å². The van der Waals surface area contributed by atoms with Gasteiger partial charge in [-0.25, -0.2) is 4.98 Å². The van der Waals surface area contributed by atoms with Gasteiger partial charge in [0.1, 0.15) is 5.82 Å². The van der Waals surface area contributed by atoms with Crippen molar-refractivity contribution < 1.29 is 9.59 Å². The molecule has 136 valence electrons. The van der Waals surface area contributed by atoms with Gasteiger partial charge in [-0.3, -0.25) is 9.59 Å². The third-order valence-corrected chi connectivity index (χ3v) is 4.03. The van der Waals surface area contributed by atoms with E-state index in [-0.39, 0.29) is 11.8 Å². The van der Waals surface area contributed by atoms with Crippen molar-refractivity contribution >= 4 is 17.6 Å². The largest absolute Gasteiger partial charge is 0.330 e. The van der Waals surface area contributed by atoms with E-state index >= 15 is 0 Å². The summed E-state index contributed by atoms with van der Waals surface area (Å²) in [6.07, 6.45) is 1.53. The van der Waals surface area contributed by atoms with E-state index in [9.17, 15) is 9.59 Å². The molecule has 0 aliphatic heterocycles. The molecule has 0 unspecified atom stereocenters. The normalized spacial score (nSPS) is 10.3. The third-order valence-electron chi connectivity index (χ3n) is 4.03. The quantitative estimate of drug-likeness (QED) is 0.726. The van der Waals surface area contributed by atoms with Crippen LogP contribution in [0.2, 0.25) is 0 Å². The number of nitrogens with one attached hydrogen (secondary N) is 1. The van der Waals surface area contributed by atoms with Crippen LogP contribution in [0.5, 0.6) is 0 Å². The number of aromatic nitrogens is 1. The zero-order chi connectivity index (χ0) is 19.1. The molecule has 2 amide bonds. The molecule has 3 aromatic rings. The average Bonchev–Trinajstić information content (AvgIpc) is 2.68. The predicted molar refractivity (Wildman–Crippen MR) is 105 cm³/mol. The monoisotopic (exact) mass is 359 g/mol. The first-order valence-corrected chi connectivity index (χ1v) is 8.72. The Morgan fingerprint density at radius 2 is 1.44 bits per heavy atom. The van der Waals surface area contributed by atoms with Crippen LogP contribution in [0.3, 0.4) is 0 Å². The van der Waals surface area contributed by atoms with Gasteiger partial charge in [-0.1, -0.05) is 60.7 Å². The Morgan fingerprint density at radius 3 is 1.96 bits per heavy atom. The number of carbonyl (C=O) groups excluding carboxylic acids is 2. The molecule has 1 heterocycles. The van der Waals surface area contributed by atoms with Crippen molar-refractivity contribution in [3.05, 3.63) is 95.7 Å². The van der Waals surface area contributed by atoms with Gasteiger partial charge >= 0.3 is 0 Å². The second-order valence-corrected chi connectivity index (χ2v) is 6.24. The van der Waals surface area contributed by atoms with Gasteiger partial charge in [0.15, 0.2) is 0 Å². The number of hydrogen-bond acceptors (Lipinski definition) is 3. The number of benzene rings is 2. The Hall–Kier alpha value is -3.47. The first kappa shape index (κ1) is 18.3. The molecule has 27 heavy (non-hydrogen) atoms. The average molecular weight is 359 g/mol. The van der Waals surface area contributed by atoms with Gasteiger partial charge in [0.05, 0.1) is 0 Å². The van der Waals surface area contributed by atoms with Crippen LogP contribution in [0, 0.1) is 0 Å². The Balaban J connectivity index is 1.87. The van der Waals surface area contributed by atoms with E-state index in [1.54, 1.807) is 17.0 Å². The lowest BCUT2D eigenvalue weighted by atomic mass is 10.1. The molecule has 0 spiro atoms. The van der Waals surface area contributed by atoms with Crippen LogP contribution in [0.15, 0.2) is 79.0 Å². The maximum atomic E-state index is 13.2. The summed E-state index contributed by atoms with van der Waals surface area (Å²) in [5.41, 5.74) is 2.59. The molecule has 5 nitrogen and oxygen atoms in total. The molecule has 0 saturated heterocycles. The zero-order valence-corrected chi connectivity index (χ0v) is 15.1. The Morgan fingerprint density at radius 1 is 0.889 bits per heavy atom. The third kappa shape index (κ3) is 5.25. The van der Waals surface area contributed by atoms with Crippen molar-refractivity contribution in [2.24, 2.45) is 0 Å². The van der Waals surface area contributed by atoms with Crippen LogP contribution in [0.4, 0.5) is 5.82 Å². The predicted octanol–water partition coefficient (Wildman–Crippen LogP) is 3.88. The topological polar surface area (TPSA) is 62.3 Å². The van der Waals surface area contributed by atoms with Crippen LogP contribution >= 0.6 is 0 Å². The number of pyridine rings is 1. The highest BCUT2D eigenvalue weighted by atomic mass is 16.2. The van der Waals surface area contributed by atoms with Gasteiger partial charge in [-0.15, -0.1) is 0 Å². The Labute approximate surface area is 158 Å². The summed E-state index contributed by atoms with van der Waals surface area (Å²) in [5.74, 6) is 0.0296. The Bertz CT molecular complexity index is 870. The molecule has 0 saturated carbocycles. The van der Waals surface area contributed by atoms with Gasteiger partial charge in [0, 0.05) is 31.8 Å². The van der Waals surface area contributed by atoms with E-state index in [1.165, 1.54) is 13.1 Å². The van der Waals surface area contributed by atoms with Gasteiger partial charge in [-0.2, -0.15) is 0 Å². The number of anilines is 1. The minimum Gasteiger partial charge on any atom is -0.330 e. The molecule has 0 fully saturated rings. The minimum atomic E-state index is -0.225. The minimum absolute atomic E-state index is 0.114. The summed E-state index contributed by atoms with van der Waals surface area (Å²) in [6.45, 7) is 2.39. The molecule has 5 heteroatoms. The van der Waals surface area contributed by atoms with E-state index in [2.05, 4.69) is 10.3 Å². The zero-order valence-electron chi connectivity index (χ0n) is 15.1. The van der Waals surface area contributed by atoms with E-state index in [0.717, 1.165) is 11.1 Å². The van der Waals surface area contributed by atoms with E-state index < -0.39 is 0 Å². The summed E-state index contributed by atoms with van der Waals surface area (Å²) < 4.78 is 0. The van der Waals surface area contributed by atoms with Crippen molar-refractivity contribution in [2.75, 3.05) is 5.32 Å². The van der Waals surface area contributed by atoms with Crippen LogP contribution in [-0.2, 0) is 17.9 Å². The summed E-state index contributed by atoms with van der Waals surface area (Å²) >= 11 is 0. The van der Waals surface area contributed by atoms with Gasteiger partial charge in [0.2, 0.25) is 5.91 Å². The molecule has 0 aliphatic rings. The second-order valence-electron chi connectivity index (χ2n) is 6.24. The lowest BCUT2D eigenvalue weighted by Crippen LogP contribution is -2.30. The number of carbonyl (C=O) groups is 2. The molecule has 3 rings (SSSR count). The molecule has 0 aliphatic carbocycles. The van der Waals surface area contributed by atoms with Crippen molar-refractivity contribution in [3.63, 3.8) is 0 Å². The molecule has 1 aromatic heterocycles. The van der Waals surface area contributed by atoms with E-state index in [4.69, 9.17) is 0 Å². The van der Waals surface area contributed by atoms with Gasteiger partial charge in [-0.05, 0) is 23.3 Å². The number of nitrogens with zero attached hydrogens (tertiary/aromatic N) is 2. The molecule has 0 atom stereocenters. The molecular weight excluding hydrogens is 338 g/mol. The van der Waals surface area contributed by atoms with Crippen molar-refractivity contribution in [3.8, 4) is 0 Å². The highest BCUT2D eigenvalue weighted by molar-refractivity contribution is 5.96. The van der Waals surface area contributed by atoms with Crippen molar-refractivity contribution in [1.29, 1.82) is 0 Å². The molecule has 2 aromatic carbocycles. The van der Waals surface area contributed by atoms with Crippen molar-refractivity contribution in [1.82, 2.24) is 9.88 Å². The van der Waals surface area contributed by atoms with Crippen molar-refractivity contribution in [2.45, 2.75) is 20.0 Å². The summed E-state index contributed by atoms with van der Waals surface area (Å²) in [5, 5.41) is 2.62. The number of hydrogen-bond donors (Lipinski definition) is 1. The van der Waals surface area contributed by atoms with Gasteiger partial charge < -0.3 is 10.2 Å². The first-order valence-electron chi connectivity index (χ1n) is 8.72. The van der Waals surface area contributed by atoms with Gasteiger partial charge in [0.25, 0.3) is 5.91 Å². The summed E-state index contributed by atoms with van der Waals surface area (Å²) in [7, 11) is 0.